The van der Waals surface area contributed by atoms with E-state index in [1.807, 2.05) is 6.92 Å². The Hall–Kier alpha value is -2.33. The SMILES string of the molecule is CC(=O)c1ccc(C)c2c1NC(=O)c1cc(Cl)ccc1O2. The number of Topliss-reactive ketones (excluding diaryl/α,β-unsaturated/α-hetero) is 1. The molecule has 2 aromatic rings. The second-order valence-electron chi connectivity index (χ2n) is 4.89. The molecule has 0 unspecified atom stereocenters. The van der Waals surface area contributed by atoms with Gasteiger partial charge in [-0.15, -0.1) is 0 Å². The predicted molar refractivity (Wildman–Crippen MR) is 80.7 cm³/mol. The van der Waals surface area contributed by atoms with E-state index >= 15 is 0 Å². The average Bonchev–Trinajstić information content (AvgIpc) is 2.57. The van der Waals surface area contributed by atoms with Crippen LogP contribution >= 0.6 is 11.6 Å². The monoisotopic (exact) mass is 301 g/mol. The van der Waals surface area contributed by atoms with Crippen molar-refractivity contribution in [3.05, 3.63) is 52.0 Å². The van der Waals surface area contributed by atoms with Crippen LogP contribution in [0.2, 0.25) is 5.02 Å². The van der Waals surface area contributed by atoms with Crippen molar-refractivity contribution in [2.75, 3.05) is 5.32 Å². The van der Waals surface area contributed by atoms with Gasteiger partial charge in [0.05, 0.1) is 11.3 Å². The summed E-state index contributed by atoms with van der Waals surface area (Å²) in [7, 11) is 0. The number of ketones is 1. The molecule has 1 aliphatic heterocycles. The van der Waals surface area contributed by atoms with Crippen LogP contribution in [0.5, 0.6) is 11.5 Å². The Bertz CT molecular complexity index is 783. The summed E-state index contributed by atoms with van der Waals surface area (Å²) >= 11 is 5.93. The van der Waals surface area contributed by atoms with Crippen LogP contribution in [0.4, 0.5) is 5.69 Å². The van der Waals surface area contributed by atoms with E-state index in [2.05, 4.69) is 5.32 Å². The smallest absolute Gasteiger partial charge is 0.259 e. The van der Waals surface area contributed by atoms with Crippen molar-refractivity contribution in [2.45, 2.75) is 13.8 Å². The molecule has 2 aromatic carbocycles. The van der Waals surface area contributed by atoms with Gasteiger partial charge in [0.1, 0.15) is 5.75 Å². The molecule has 21 heavy (non-hydrogen) atoms. The van der Waals surface area contributed by atoms with Crippen molar-refractivity contribution < 1.29 is 14.3 Å². The average molecular weight is 302 g/mol. The van der Waals surface area contributed by atoms with E-state index in [0.29, 0.717) is 33.3 Å². The molecule has 0 spiro atoms. The number of carbonyl (C=O) groups is 2. The molecule has 1 heterocycles. The Morgan fingerprint density at radius 1 is 1.24 bits per heavy atom. The third-order valence-corrected chi connectivity index (χ3v) is 3.61. The molecule has 0 radical (unpaired) electrons. The second-order valence-corrected chi connectivity index (χ2v) is 5.32. The summed E-state index contributed by atoms with van der Waals surface area (Å²) in [5, 5.41) is 3.20. The highest BCUT2D eigenvalue weighted by Crippen LogP contribution is 2.40. The molecule has 1 aliphatic rings. The van der Waals surface area contributed by atoms with Crippen LogP contribution in [0.1, 0.15) is 33.2 Å². The molecular weight excluding hydrogens is 290 g/mol. The molecule has 1 N–H and O–H groups in total. The van der Waals surface area contributed by atoms with Gasteiger partial charge in [0.15, 0.2) is 11.5 Å². The van der Waals surface area contributed by atoms with E-state index in [-0.39, 0.29) is 11.7 Å². The van der Waals surface area contributed by atoms with Gasteiger partial charge in [-0.25, -0.2) is 0 Å². The van der Waals surface area contributed by atoms with Crippen molar-refractivity contribution >= 4 is 29.0 Å². The number of ether oxygens (including phenoxy) is 1. The summed E-state index contributed by atoms with van der Waals surface area (Å²) in [5.74, 6) is 0.412. The Morgan fingerprint density at radius 3 is 2.71 bits per heavy atom. The minimum atomic E-state index is -0.348. The number of anilines is 1. The third-order valence-electron chi connectivity index (χ3n) is 3.37. The highest BCUT2D eigenvalue weighted by molar-refractivity contribution is 6.31. The van der Waals surface area contributed by atoms with Gasteiger partial charge in [0.2, 0.25) is 0 Å². The lowest BCUT2D eigenvalue weighted by Gasteiger charge is -2.13. The topological polar surface area (TPSA) is 55.4 Å². The Kier molecular flexibility index (Phi) is 3.18. The standard InChI is InChI=1S/C16H12ClNO3/c1-8-3-5-11(9(2)19)14-15(8)21-13-6-4-10(17)7-12(13)16(20)18-14/h3-7H,1-2H3,(H,18,20). The summed E-state index contributed by atoms with van der Waals surface area (Å²) < 4.78 is 5.86. The van der Waals surface area contributed by atoms with Gasteiger partial charge in [-0.05, 0) is 43.7 Å². The van der Waals surface area contributed by atoms with E-state index in [0.717, 1.165) is 5.56 Å². The van der Waals surface area contributed by atoms with Crippen molar-refractivity contribution in [1.29, 1.82) is 0 Å². The zero-order valence-corrected chi connectivity index (χ0v) is 12.2. The molecular formula is C16H12ClNO3. The van der Waals surface area contributed by atoms with Crippen molar-refractivity contribution in [2.24, 2.45) is 0 Å². The fourth-order valence-corrected chi connectivity index (χ4v) is 2.47. The van der Waals surface area contributed by atoms with Gasteiger partial charge in [0.25, 0.3) is 5.91 Å². The summed E-state index contributed by atoms with van der Waals surface area (Å²) in [4.78, 5) is 24.1. The molecule has 4 nitrogen and oxygen atoms in total. The van der Waals surface area contributed by atoms with Gasteiger partial charge in [-0.1, -0.05) is 17.7 Å². The molecule has 0 aliphatic carbocycles. The molecule has 0 bridgehead atoms. The predicted octanol–water partition coefficient (Wildman–Crippen LogP) is 4.21. The number of benzene rings is 2. The Balaban J connectivity index is 2.24. The number of nitrogens with one attached hydrogen (secondary N) is 1. The van der Waals surface area contributed by atoms with Gasteiger partial charge < -0.3 is 10.1 Å². The largest absolute Gasteiger partial charge is 0.454 e. The van der Waals surface area contributed by atoms with Crippen LogP contribution < -0.4 is 10.1 Å². The summed E-state index contributed by atoms with van der Waals surface area (Å²) in [6.45, 7) is 3.31. The number of hydrogen-bond acceptors (Lipinski definition) is 3. The minimum Gasteiger partial charge on any atom is -0.454 e. The Labute approximate surface area is 126 Å². The molecule has 3 rings (SSSR count). The number of halogens is 1. The van der Waals surface area contributed by atoms with Gasteiger partial charge in [-0.2, -0.15) is 0 Å². The highest BCUT2D eigenvalue weighted by Gasteiger charge is 2.25. The number of carbonyl (C=O) groups excluding carboxylic acids is 2. The number of rotatable bonds is 1. The van der Waals surface area contributed by atoms with E-state index in [9.17, 15) is 9.59 Å². The minimum absolute atomic E-state index is 0.140. The maximum Gasteiger partial charge on any atom is 0.259 e. The fraction of sp³-hybridized carbons (Fsp3) is 0.125. The fourth-order valence-electron chi connectivity index (χ4n) is 2.30. The maximum absolute atomic E-state index is 12.3. The molecule has 0 aromatic heterocycles. The first-order chi connectivity index (χ1) is 9.97. The van der Waals surface area contributed by atoms with Crippen LogP contribution in [0.3, 0.4) is 0 Å². The zero-order chi connectivity index (χ0) is 15.1. The van der Waals surface area contributed by atoms with Crippen molar-refractivity contribution in [3.63, 3.8) is 0 Å². The van der Waals surface area contributed by atoms with Crippen LogP contribution in [0.25, 0.3) is 0 Å². The lowest BCUT2D eigenvalue weighted by Crippen LogP contribution is -2.13. The summed E-state index contributed by atoms with van der Waals surface area (Å²) in [6.07, 6.45) is 0. The van der Waals surface area contributed by atoms with E-state index < -0.39 is 0 Å². The lowest BCUT2D eigenvalue weighted by atomic mass is 10.0. The van der Waals surface area contributed by atoms with E-state index in [1.165, 1.54) is 6.92 Å². The normalized spacial score (nSPS) is 12.6. The molecule has 5 heteroatoms. The summed E-state index contributed by atoms with van der Waals surface area (Å²) in [6, 6.07) is 8.32. The first-order valence-corrected chi connectivity index (χ1v) is 6.78. The Morgan fingerprint density at radius 2 is 2.00 bits per heavy atom. The van der Waals surface area contributed by atoms with Crippen LogP contribution in [0.15, 0.2) is 30.3 Å². The molecule has 0 fully saturated rings. The number of amides is 1. The quantitative estimate of drug-likeness (QED) is 0.803. The maximum atomic E-state index is 12.3. The van der Waals surface area contributed by atoms with E-state index in [1.54, 1.807) is 30.3 Å². The molecule has 0 atom stereocenters. The highest BCUT2D eigenvalue weighted by atomic mass is 35.5. The van der Waals surface area contributed by atoms with Gasteiger partial charge in [-0.3, -0.25) is 9.59 Å². The molecule has 1 amide bonds. The first kappa shape index (κ1) is 13.6. The van der Waals surface area contributed by atoms with Crippen molar-refractivity contribution in [1.82, 2.24) is 0 Å². The molecule has 0 saturated heterocycles. The number of hydrogen-bond donors (Lipinski definition) is 1. The lowest BCUT2D eigenvalue weighted by molar-refractivity contribution is 0.101. The summed E-state index contributed by atoms with van der Waals surface area (Å²) in [5.41, 5.74) is 1.99. The van der Waals surface area contributed by atoms with Gasteiger partial charge in [0, 0.05) is 10.6 Å². The van der Waals surface area contributed by atoms with Crippen LogP contribution in [-0.2, 0) is 0 Å². The second kappa shape index (κ2) is 4.90. The van der Waals surface area contributed by atoms with E-state index in [4.69, 9.17) is 16.3 Å². The molecule has 106 valence electrons. The zero-order valence-electron chi connectivity index (χ0n) is 11.5. The van der Waals surface area contributed by atoms with Crippen molar-refractivity contribution in [3.8, 4) is 11.5 Å². The number of fused-ring (bicyclic) bond motifs is 2. The number of aryl methyl sites for hydroxylation is 1. The first-order valence-electron chi connectivity index (χ1n) is 6.40. The molecule has 0 saturated carbocycles. The van der Waals surface area contributed by atoms with Gasteiger partial charge >= 0.3 is 0 Å². The van der Waals surface area contributed by atoms with Crippen LogP contribution in [0, 0.1) is 6.92 Å². The third kappa shape index (κ3) is 2.28. The van der Waals surface area contributed by atoms with Crippen LogP contribution in [-0.4, -0.2) is 11.7 Å².